The van der Waals surface area contributed by atoms with Gasteiger partial charge in [-0.05, 0) is 18.2 Å². The second-order valence-corrected chi connectivity index (χ2v) is 5.24. The minimum absolute atomic E-state index is 0.0228. The normalized spacial score (nSPS) is 11.1. The Labute approximate surface area is 110 Å². The zero-order chi connectivity index (χ0) is 13.9. The number of aromatic nitrogens is 2. The third kappa shape index (κ3) is 2.79. The van der Waals surface area contributed by atoms with Gasteiger partial charge in [0.1, 0.15) is 11.5 Å². The average Bonchev–Trinajstić information content (AvgIpc) is 2.93. The summed E-state index contributed by atoms with van der Waals surface area (Å²) in [5.41, 5.74) is 0.318. The fourth-order valence-electron chi connectivity index (χ4n) is 1.48. The number of aromatic amines is 1. The van der Waals surface area contributed by atoms with Crippen molar-refractivity contribution in [3.63, 3.8) is 0 Å². The van der Waals surface area contributed by atoms with Crippen LogP contribution in [0.15, 0.2) is 35.5 Å². The molecule has 19 heavy (non-hydrogen) atoms. The van der Waals surface area contributed by atoms with E-state index in [0.717, 1.165) is 0 Å². The molecule has 0 aliphatic rings. The molecule has 1 heterocycles. The van der Waals surface area contributed by atoms with Crippen molar-refractivity contribution in [3.05, 3.63) is 30.5 Å². The Hall–Kier alpha value is -2.22. The van der Waals surface area contributed by atoms with Crippen LogP contribution in [-0.2, 0) is 10.0 Å². The Morgan fingerprint density at radius 1 is 1.21 bits per heavy atom. The fraction of sp³-hybridized carbons (Fsp3) is 0.182. The molecule has 0 fully saturated rings. The van der Waals surface area contributed by atoms with Gasteiger partial charge in [0.05, 0.1) is 26.1 Å². The smallest absolute Gasteiger partial charge is 0.278 e. The predicted molar refractivity (Wildman–Crippen MR) is 68.9 cm³/mol. The van der Waals surface area contributed by atoms with Gasteiger partial charge < -0.3 is 9.47 Å². The molecule has 0 spiro atoms. The number of hydrogen-bond acceptors (Lipinski definition) is 5. The van der Waals surface area contributed by atoms with Crippen LogP contribution in [0.2, 0.25) is 0 Å². The third-order valence-corrected chi connectivity index (χ3v) is 3.71. The SMILES string of the molecule is COc1ccc(NS(=O)(=O)c2ccn[nH]2)c(OC)c1. The topological polar surface area (TPSA) is 93.3 Å². The molecule has 0 bridgehead atoms. The number of hydrogen-bond donors (Lipinski definition) is 2. The standard InChI is InChI=1S/C11H13N3O4S/c1-17-8-3-4-9(10(7-8)18-2)14-19(15,16)11-5-6-12-13-11/h3-7,14H,1-2H3,(H,12,13). The van der Waals surface area contributed by atoms with Crippen LogP contribution in [-0.4, -0.2) is 32.8 Å². The Kier molecular flexibility index (Phi) is 3.61. The second-order valence-electron chi connectivity index (χ2n) is 3.59. The second kappa shape index (κ2) is 5.19. The summed E-state index contributed by atoms with van der Waals surface area (Å²) < 4.78 is 36.6. The van der Waals surface area contributed by atoms with E-state index in [4.69, 9.17) is 9.47 Å². The van der Waals surface area contributed by atoms with Crippen LogP contribution < -0.4 is 14.2 Å². The lowest BCUT2D eigenvalue weighted by Gasteiger charge is -2.11. The van der Waals surface area contributed by atoms with Gasteiger partial charge in [-0.25, -0.2) is 0 Å². The number of nitrogens with zero attached hydrogens (tertiary/aromatic N) is 1. The van der Waals surface area contributed by atoms with E-state index in [9.17, 15) is 8.42 Å². The molecule has 0 amide bonds. The highest BCUT2D eigenvalue weighted by atomic mass is 32.2. The van der Waals surface area contributed by atoms with Gasteiger partial charge in [-0.15, -0.1) is 0 Å². The molecule has 2 N–H and O–H groups in total. The number of ether oxygens (including phenoxy) is 2. The van der Waals surface area contributed by atoms with Crippen LogP contribution in [0, 0.1) is 0 Å². The molecule has 0 aliphatic carbocycles. The lowest BCUT2D eigenvalue weighted by Crippen LogP contribution is -2.14. The maximum atomic E-state index is 12.0. The Morgan fingerprint density at radius 3 is 2.58 bits per heavy atom. The summed E-state index contributed by atoms with van der Waals surface area (Å²) in [7, 11) is -0.747. The molecule has 0 atom stereocenters. The van der Waals surface area contributed by atoms with Gasteiger partial charge in [-0.2, -0.15) is 13.5 Å². The summed E-state index contributed by atoms with van der Waals surface area (Å²) in [5, 5.41) is 5.97. The Balaban J connectivity index is 2.34. The molecule has 102 valence electrons. The number of benzene rings is 1. The van der Waals surface area contributed by atoms with Crippen molar-refractivity contribution >= 4 is 15.7 Å². The molecule has 1 aromatic heterocycles. The minimum atomic E-state index is -3.71. The number of sulfonamides is 1. The lowest BCUT2D eigenvalue weighted by atomic mass is 10.3. The average molecular weight is 283 g/mol. The minimum Gasteiger partial charge on any atom is -0.497 e. The van der Waals surface area contributed by atoms with Gasteiger partial charge in [-0.3, -0.25) is 9.82 Å². The zero-order valence-corrected chi connectivity index (χ0v) is 11.2. The number of nitrogens with one attached hydrogen (secondary N) is 2. The highest BCUT2D eigenvalue weighted by molar-refractivity contribution is 7.92. The van der Waals surface area contributed by atoms with Gasteiger partial charge >= 0.3 is 0 Å². The van der Waals surface area contributed by atoms with Crippen LogP contribution in [0.25, 0.3) is 0 Å². The van der Waals surface area contributed by atoms with E-state index in [1.165, 1.54) is 26.5 Å². The molecular weight excluding hydrogens is 270 g/mol. The van der Waals surface area contributed by atoms with Crippen LogP contribution in [0.4, 0.5) is 5.69 Å². The fourth-order valence-corrected chi connectivity index (χ4v) is 2.46. The number of methoxy groups -OCH3 is 2. The van der Waals surface area contributed by atoms with Crippen LogP contribution >= 0.6 is 0 Å². The molecule has 1 aromatic carbocycles. The first kappa shape index (κ1) is 13.2. The van der Waals surface area contributed by atoms with E-state index in [-0.39, 0.29) is 5.03 Å². The lowest BCUT2D eigenvalue weighted by molar-refractivity contribution is 0.395. The van der Waals surface area contributed by atoms with Gasteiger partial charge in [0.2, 0.25) is 0 Å². The highest BCUT2D eigenvalue weighted by Crippen LogP contribution is 2.30. The van der Waals surface area contributed by atoms with E-state index < -0.39 is 10.0 Å². The maximum absolute atomic E-state index is 12.0. The first-order valence-electron chi connectivity index (χ1n) is 5.31. The summed E-state index contributed by atoms with van der Waals surface area (Å²) in [5.74, 6) is 0.934. The van der Waals surface area contributed by atoms with Gasteiger partial charge in [0, 0.05) is 6.07 Å². The summed E-state index contributed by atoms with van der Waals surface area (Å²) in [4.78, 5) is 0. The first-order valence-corrected chi connectivity index (χ1v) is 6.79. The molecule has 0 radical (unpaired) electrons. The van der Waals surface area contributed by atoms with Gasteiger partial charge in [0.25, 0.3) is 10.0 Å². The molecule has 0 aliphatic heterocycles. The maximum Gasteiger partial charge on any atom is 0.278 e. The molecule has 0 unspecified atom stereocenters. The largest absolute Gasteiger partial charge is 0.497 e. The molecule has 7 nitrogen and oxygen atoms in total. The third-order valence-electron chi connectivity index (χ3n) is 2.42. The number of rotatable bonds is 5. The summed E-state index contributed by atoms with van der Waals surface area (Å²) in [6, 6.07) is 6.14. The van der Waals surface area contributed by atoms with E-state index in [0.29, 0.717) is 17.2 Å². The molecule has 8 heteroatoms. The van der Waals surface area contributed by atoms with Crippen LogP contribution in [0.1, 0.15) is 0 Å². The number of H-pyrrole nitrogens is 1. The Morgan fingerprint density at radius 2 is 2.00 bits per heavy atom. The first-order chi connectivity index (χ1) is 9.06. The van der Waals surface area contributed by atoms with Gasteiger partial charge in [0.15, 0.2) is 5.03 Å². The van der Waals surface area contributed by atoms with E-state index in [1.807, 2.05) is 0 Å². The van der Waals surface area contributed by atoms with E-state index in [1.54, 1.807) is 18.2 Å². The molecule has 2 rings (SSSR count). The molecule has 0 saturated heterocycles. The van der Waals surface area contributed by atoms with Gasteiger partial charge in [-0.1, -0.05) is 0 Å². The summed E-state index contributed by atoms with van der Waals surface area (Å²) in [6.45, 7) is 0. The number of anilines is 1. The Bertz CT molecular complexity index is 653. The zero-order valence-electron chi connectivity index (χ0n) is 10.4. The summed E-state index contributed by atoms with van der Waals surface area (Å²) >= 11 is 0. The van der Waals surface area contributed by atoms with E-state index >= 15 is 0 Å². The van der Waals surface area contributed by atoms with Crippen molar-refractivity contribution in [1.82, 2.24) is 10.2 Å². The van der Waals surface area contributed by atoms with Crippen molar-refractivity contribution in [2.45, 2.75) is 5.03 Å². The van der Waals surface area contributed by atoms with Crippen molar-refractivity contribution in [2.24, 2.45) is 0 Å². The van der Waals surface area contributed by atoms with Crippen molar-refractivity contribution in [3.8, 4) is 11.5 Å². The summed E-state index contributed by atoms with van der Waals surface area (Å²) in [6.07, 6.45) is 1.36. The highest BCUT2D eigenvalue weighted by Gasteiger charge is 2.18. The van der Waals surface area contributed by atoms with Crippen molar-refractivity contribution in [1.29, 1.82) is 0 Å². The van der Waals surface area contributed by atoms with Crippen LogP contribution in [0.3, 0.4) is 0 Å². The van der Waals surface area contributed by atoms with Crippen molar-refractivity contribution < 1.29 is 17.9 Å². The van der Waals surface area contributed by atoms with Crippen molar-refractivity contribution in [2.75, 3.05) is 18.9 Å². The molecular formula is C11H13N3O4S. The van der Waals surface area contributed by atoms with Crippen LogP contribution in [0.5, 0.6) is 11.5 Å². The van der Waals surface area contributed by atoms with E-state index in [2.05, 4.69) is 14.9 Å². The monoisotopic (exact) mass is 283 g/mol. The molecule has 0 saturated carbocycles. The molecule has 2 aromatic rings. The predicted octanol–water partition coefficient (Wildman–Crippen LogP) is 1.23. The quantitative estimate of drug-likeness (QED) is 0.860.